The average Bonchev–Trinajstić information content (AvgIpc) is 2.70. The normalized spacial score (nSPS) is 16.6. The maximum atomic E-state index is 12.6. The zero-order chi connectivity index (χ0) is 21.0. The first-order valence-electron chi connectivity index (χ1n) is 9.90. The van der Waals surface area contributed by atoms with Crippen LogP contribution in [0.4, 0.5) is 8.78 Å². The number of hydrogen-bond acceptors (Lipinski definition) is 4. The van der Waals surface area contributed by atoms with E-state index in [-0.39, 0.29) is 4.90 Å². The molecule has 1 heterocycles. The van der Waals surface area contributed by atoms with Crippen molar-refractivity contribution in [2.45, 2.75) is 43.5 Å². The molecule has 29 heavy (non-hydrogen) atoms. The molecule has 0 aliphatic carbocycles. The summed E-state index contributed by atoms with van der Waals surface area (Å²) in [6.45, 7) is 9.77. The maximum Gasteiger partial charge on any atom is 0.341 e. The Labute approximate surface area is 172 Å². The lowest BCUT2D eigenvalue weighted by atomic mass is 10.0. The highest BCUT2D eigenvalue weighted by molar-refractivity contribution is 7.91. The van der Waals surface area contributed by atoms with E-state index in [1.807, 2.05) is 0 Å². The van der Waals surface area contributed by atoms with Crippen LogP contribution in [0.5, 0.6) is 0 Å². The number of piperazine rings is 1. The number of benzene rings is 2. The molecule has 1 aliphatic rings. The minimum atomic E-state index is -4.53. The molecule has 2 aromatic carbocycles. The van der Waals surface area contributed by atoms with Crippen molar-refractivity contribution in [3.63, 3.8) is 0 Å². The van der Waals surface area contributed by atoms with Crippen molar-refractivity contribution in [2.75, 3.05) is 26.2 Å². The molecule has 0 radical (unpaired) electrons. The zero-order valence-corrected chi connectivity index (χ0v) is 17.7. The van der Waals surface area contributed by atoms with E-state index in [0.717, 1.165) is 38.3 Å². The van der Waals surface area contributed by atoms with Gasteiger partial charge in [-0.1, -0.05) is 50.2 Å². The van der Waals surface area contributed by atoms with Gasteiger partial charge in [0.25, 0.3) is 0 Å². The molecule has 0 unspecified atom stereocenters. The first kappa shape index (κ1) is 21.9. The van der Waals surface area contributed by atoms with Gasteiger partial charge in [-0.25, -0.2) is 8.42 Å². The van der Waals surface area contributed by atoms with Crippen LogP contribution in [-0.4, -0.2) is 50.2 Å². The number of alkyl halides is 2. The number of sulfone groups is 1. The monoisotopic (exact) mass is 422 g/mol. The second-order valence-corrected chi connectivity index (χ2v) is 9.82. The van der Waals surface area contributed by atoms with Gasteiger partial charge >= 0.3 is 5.76 Å². The van der Waals surface area contributed by atoms with Crippen molar-refractivity contribution in [2.24, 2.45) is 0 Å². The molecular formula is C22H28F2N2O2S. The smallest absolute Gasteiger partial charge is 0.297 e. The summed E-state index contributed by atoms with van der Waals surface area (Å²) in [5.41, 5.74) is 3.60. The minimum Gasteiger partial charge on any atom is -0.297 e. The Morgan fingerprint density at radius 1 is 0.793 bits per heavy atom. The minimum absolute atomic E-state index is 0.329. The van der Waals surface area contributed by atoms with Crippen LogP contribution in [0.3, 0.4) is 0 Å². The SMILES string of the molecule is CC(C)c1ccc(CN2CCN(Cc3ccc(S(=O)(=O)C(F)F)cc3)CC2)cc1. The molecule has 1 saturated heterocycles. The number of nitrogens with zero attached hydrogens (tertiary/aromatic N) is 2. The van der Waals surface area contributed by atoms with Crippen molar-refractivity contribution in [1.82, 2.24) is 9.80 Å². The Morgan fingerprint density at radius 3 is 1.59 bits per heavy atom. The average molecular weight is 423 g/mol. The van der Waals surface area contributed by atoms with E-state index < -0.39 is 15.6 Å². The van der Waals surface area contributed by atoms with Gasteiger partial charge in [0, 0.05) is 39.3 Å². The number of hydrogen-bond donors (Lipinski definition) is 0. The van der Waals surface area contributed by atoms with E-state index in [1.165, 1.54) is 23.3 Å². The summed E-state index contributed by atoms with van der Waals surface area (Å²) < 4.78 is 48.2. The molecule has 2 aromatic rings. The van der Waals surface area contributed by atoms with E-state index in [2.05, 4.69) is 47.9 Å². The highest BCUT2D eigenvalue weighted by Crippen LogP contribution is 2.20. The molecule has 0 bridgehead atoms. The lowest BCUT2D eigenvalue weighted by molar-refractivity contribution is 0.122. The van der Waals surface area contributed by atoms with Gasteiger partial charge < -0.3 is 0 Å². The maximum absolute atomic E-state index is 12.6. The van der Waals surface area contributed by atoms with Gasteiger partial charge in [0.1, 0.15) is 0 Å². The Kier molecular flexibility index (Phi) is 7.03. The third-order valence-corrected chi connectivity index (χ3v) is 6.81. The first-order chi connectivity index (χ1) is 13.8. The van der Waals surface area contributed by atoms with Crippen LogP contribution in [-0.2, 0) is 22.9 Å². The van der Waals surface area contributed by atoms with E-state index in [4.69, 9.17) is 0 Å². The summed E-state index contributed by atoms with van der Waals surface area (Å²) in [6.07, 6.45) is 0. The van der Waals surface area contributed by atoms with E-state index in [0.29, 0.717) is 12.5 Å². The summed E-state index contributed by atoms with van der Waals surface area (Å²) >= 11 is 0. The topological polar surface area (TPSA) is 40.6 Å². The first-order valence-corrected chi connectivity index (χ1v) is 11.4. The van der Waals surface area contributed by atoms with Gasteiger partial charge in [0.2, 0.25) is 9.84 Å². The Balaban J connectivity index is 1.49. The standard InChI is InChI=1S/C22H28F2N2O2S/c1-17(2)20-7-3-18(4-8-20)15-25-11-13-26(14-12-25)16-19-5-9-21(10-6-19)29(27,28)22(23)24/h3-10,17,22H,11-16H2,1-2H3. The van der Waals surface area contributed by atoms with E-state index >= 15 is 0 Å². The summed E-state index contributed by atoms with van der Waals surface area (Å²) in [5.74, 6) is -2.85. The zero-order valence-electron chi connectivity index (χ0n) is 16.9. The third-order valence-electron chi connectivity index (χ3n) is 5.41. The van der Waals surface area contributed by atoms with Gasteiger partial charge in [0.05, 0.1) is 4.90 Å². The fourth-order valence-corrected chi connectivity index (χ4v) is 4.24. The largest absolute Gasteiger partial charge is 0.341 e. The van der Waals surface area contributed by atoms with Crippen LogP contribution in [0, 0.1) is 0 Å². The predicted molar refractivity (Wildman–Crippen MR) is 111 cm³/mol. The molecule has 0 aromatic heterocycles. The molecule has 4 nitrogen and oxygen atoms in total. The van der Waals surface area contributed by atoms with Gasteiger partial charge in [-0.3, -0.25) is 9.80 Å². The Hall–Kier alpha value is -1.83. The Morgan fingerprint density at radius 2 is 1.21 bits per heavy atom. The second kappa shape index (κ2) is 9.32. The molecule has 0 saturated carbocycles. The van der Waals surface area contributed by atoms with Gasteiger partial charge in [0.15, 0.2) is 0 Å². The molecule has 3 rings (SSSR count). The van der Waals surface area contributed by atoms with Crippen LogP contribution in [0.15, 0.2) is 53.4 Å². The highest BCUT2D eigenvalue weighted by Gasteiger charge is 2.26. The van der Waals surface area contributed by atoms with Crippen molar-refractivity contribution in [1.29, 1.82) is 0 Å². The van der Waals surface area contributed by atoms with Crippen molar-refractivity contribution >= 4 is 9.84 Å². The van der Waals surface area contributed by atoms with E-state index in [1.54, 1.807) is 12.1 Å². The molecule has 0 N–H and O–H groups in total. The number of rotatable bonds is 7. The molecule has 0 atom stereocenters. The predicted octanol–water partition coefficient (Wildman–Crippen LogP) is 4.12. The molecular weight excluding hydrogens is 394 g/mol. The van der Waals surface area contributed by atoms with Crippen molar-refractivity contribution < 1.29 is 17.2 Å². The van der Waals surface area contributed by atoms with Crippen LogP contribution in [0.1, 0.15) is 36.5 Å². The summed E-state index contributed by atoms with van der Waals surface area (Å²) in [5, 5.41) is 0. The third kappa shape index (κ3) is 5.62. The molecule has 1 fully saturated rings. The fraction of sp³-hybridized carbons (Fsp3) is 0.455. The summed E-state index contributed by atoms with van der Waals surface area (Å²) in [7, 11) is -4.53. The van der Waals surface area contributed by atoms with Gasteiger partial charge in [-0.2, -0.15) is 8.78 Å². The number of halogens is 2. The van der Waals surface area contributed by atoms with E-state index in [9.17, 15) is 17.2 Å². The van der Waals surface area contributed by atoms with Crippen molar-refractivity contribution in [3.05, 3.63) is 65.2 Å². The lowest BCUT2D eigenvalue weighted by Gasteiger charge is -2.34. The molecule has 158 valence electrons. The molecule has 0 amide bonds. The molecule has 0 spiro atoms. The quantitative estimate of drug-likeness (QED) is 0.673. The van der Waals surface area contributed by atoms with Crippen LogP contribution >= 0.6 is 0 Å². The lowest BCUT2D eigenvalue weighted by Crippen LogP contribution is -2.45. The van der Waals surface area contributed by atoms with Gasteiger partial charge in [-0.15, -0.1) is 0 Å². The Bertz CT molecular complexity index is 889. The summed E-state index contributed by atoms with van der Waals surface area (Å²) in [4.78, 5) is 4.40. The van der Waals surface area contributed by atoms with Crippen LogP contribution in [0.25, 0.3) is 0 Å². The highest BCUT2D eigenvalue weighted by atomic mass is 32.2. The fourth-order valence-electron chi connectivity index (χ4n) is 3.52. The molecule has 7 heteroatoms. The molecule has 1 aliphatic heterocycles. The van der Waals surface area contributed by atoms with Gasteiger partial charge in [-0.05, 0) is 34.7 Å². The van der Waals surface area contributed by atoms with Crippen LogP contribution in [0.2, 0.25) is 0 Å². The van der Waals surface area contributed by atoms with Crippen molar-refractivity contribution in [3.8, 4) is 0 Å². The summed E-state index contributed by atoms with van der Waals surface area (Å²) in [6, 6.07) is 14.6. The second-order valence-electron chi connectivity index (χ2n) is 7.90. The van der Waals surface area contributed by atoms with Crippen LogP contribution < -0.4 is 0 Å².